The second-order valence-corrected chi connectivity index (χ2v) is 5.73. The molecule has 1 atom stereocenters. The quantitative estimate of drug-likeness (QED) is 0.828. The van der Waals surface area contributed by atoms with Gasteiger partial charge in [0, 0.05) is 23.8 Å². The van der Waals surface area contributed by atoms with E-state index in [1.807, 2.05) is 13.0 Å². The first-order chi connectivity index (χ1) is 9.58. The molecule has 1 saturated heterocycles. The summed E-state index contributed by atoms with van der Waals surface area (Å²) in [5, 5.41) is 3.03. The zero-order chi connectivity index (χ0) is 14.5. The highest BCUT2D eigenvalue weighted by molar-refractivity contribution is 5.96. The summed E-state index contributed by atoms with van der Waals surface area (Å²) in [6, 6.07) is 5.80. The Morgan fingerprint density at radius 3 is 2.70 bits per heavy atom. The Balaban J connectivity index is 1.88. The average Bonchev–Trinajstić information content (AvgIpc) is 2.45. The number of likely N-dealkylation sites (tertiary alicyclic amines) is 1. The third-order valence-corrected chi connectivity index (χ3v) is 4.07. The summed E-state index contributed by atoms with van der Waals surface area (Å²) in [6.45, 7) is 7.10. The van der Waals surface area contributed by atoms with E-state index in [0.29, 0.717) is 23.8 Å². The van der Waals surface area contributed by atoms with Crippen molar-refractivity contribution >= 4 is 11.6 Å². The van der Waals surface area contributed by atoms with Gasteiger partial charge in [0.2, 0.25) is 0 Å². The normalized spacial score (nSPS) is 17.7. The van der Waals surface area contributed by atoms with Crippen LogP contribution in [0.5, 0.6) is 0 Å². The Labute approximate surface area is 121 Å². The number of nitrogens with two attached hydrogens (primary N) is 1. The predicted octanol–water partition coefficient (Wildman–Crippen LogP) is 2.18. The van der Waals surface area contributed by atoms with Gasteiger partial charge < -0.3 is 11.1 Å². The van der Waals surface area contributed by atoms with E-state index >= 15 is 0 Å². The minimum atomic E-state index is -0.00800. The average molecular weight is 275 g/mol. The number of piperidine rings is 1. The maximum absolute atomic E-state index is 12.2. The summed E-state index contributed by atoms with van der Waals surface area (Å²) >= 11 is 0. The number of benzene rings is 1. The highest BCUT2D eigenvalue weighted by Crippen LogP contribution is 2.13. The molecule has 0 saturated carbocycles. The molecular formula is C16H25N3O. The lowest BCUT2D eigenvalue weighted by Crippen LogP contribution is -2.44. The molecule has 1 unspecified atom stereocenters. The zero-order valence-electron chi connectivity index (χ0n) is 12.5. The maximum Gasteiger partial charge on any atom is 0.251 e. The summed E-state index contributed by atoms with van der Waals surface area (Å²) in [5.41, 5.74) is 8.04. The Kier molecular flexibility index (Phi) is 5.01. The van der Waals surface area contributed by atoms with Crippen molar-refractivity contribution in [2.75, 3.05) is 25.4 Å². The molecule has 0 aliphatic carbocycles. The second kappa shape index (κ2) is 6.75. The van der Waals surface area contributed by atoms with Crippen molar-refractivity contribution in [3.63, 3.8) is 0 Å². The monoisotopic (exact) mass is 275 g/mol. The SMILES string of the molecule is Cc1cc(N)ccc1C(=O)NCC(C)N1CCCCC1. The molecule has 1 amide bonds. The molecule has 4 nitrogen and oxygen atoms in total. The Morgan fingerprint density at radius 2 is 2.05 bits per heavy atom. The molecule has 4 heteroatoms. The van der Waals surface area contributed by atoms with E-state index in [-0.39, 0.29) is 5.91 Å². The number of nitrogens with one attached hydrogen (secondary N) is 1. The third-order valence-electron chi connectivity index (χ3n) is 4.07. The van der Waals surface area contributed by atoms with Gasteiger partial charge >= 0.3 is 0 Å². The van der Waals surface area contributed by atoms with Crippen molar-refractivity contribution in [1.29, 1.82) is 0 Å². The second-order valence-electron chi connectivity index (χ2n) is 5.73. The van der Waals surface area contributed by atoms with E-state index in [2.05, 4.69) is 17.1 Å². The molecule has 0 bridgehead atoms. The Bertz CT molecular complexity index is 467. The Morgan fingerprint density at radius 1 is 1.35 bits per heavy atom. The van der Waals surface area contributed by atoms with Crippen LogP contribution in [0.15, 0.2) is 18.2 Å². The number of nitrogen functional groups attached to an aromatic ring is 1. The number of rotatable bonds is 4. The minimum absolute atomic E-state index is 0.00800. The van der Waals surface area contributed by atoms with Gasteiger partial charge in [0.25, 0.3) is 5.91 Å². The smallest absolute Gasteiger partial charge is 0.251 e. The summed E-state index contributed by atoms with van der Waals surface area (Å²) in [6.07, 6.45) is 3.88. The van der Waals surface area contributed by atoms with E-state index in [0.717, 1.165) is 18.7 Å². The number of carbonyl (C=O) groups excluding carboxylic acids is 1. The van der Waals surface area contributed by atoms with Gasteiger partial charge in [0.15, 0.2) is 0 Å². The molecule has 1 heterocycles. The van der Waals surface area contributed by atoms with Crippen molar-refractivity contribution in [3.05, 3.63) is 29.3 Å². The van der Waals surface area contributed by atoms with Crippen LogP contribution in [-0.2, 0) is 0 Å². The summed E-state index contributed by atoms with van der Waals surface area (Å²) < 4.78 is 0. The van der Waals surface area contributed by atoms with E-state index in [1.54, 1.807) is 12.1 Å². The fraction of sp³-hybridized carbons (Fsp3) is 0.562. The van der Waals surface area contributed by atoms with Gasteiger partial charge in [-0.3, -0.25) is 9.69 Å². The van der Waals surface area contributed by atoms with Gasteiger partial charge in [0.05, 0.1) is 0 Å². The summed E-state index contributed by atoms with van der Waals surface area (Å²) in [7, 11) is 0. The van der Waals surface area contributed by atoms with Crippen molar-refractivity contribution < 1.29 is 4.79 Å². The lowest BCUT2D eigenvalue weighted by molar-refractivity contribution is 0.0929. The largest absolute Gasteiger partial charge is 0.399 e. The fourth-order valence-corrected chi connectivity index (χ4v) is 2.77. The van der Waals surface area contributed by atoms with Crippen LogP contribution in [0.1, 0.15) is 42.1 Å². The molecule has 1 aromatic carbocycles. The number of carbonyl (C=O) groups is 1. The molecule has 0 aromatic heterocycles. The van der Waals surface area contributed by atoms with Gasteiger partial charge in [0.1, 0.15) is 0 Å². The number of hydrogen-bond donors (Lipinski definition) is 2. The molecule has 3 N–H and O–H groups in total. The number of anilines is 1. The van der Waals surface area contributed by atoms with Gasteiger partial charge in [-0.1, -0.05) is 6.42 Å². The molecule has 1 aliphatic rings. The highest BCUT2D eigenvalue weighted by atomic mass is 16.1. The lowest BCUT2D eigenvalue weighted by Gasteiger charge is -2.32. The fourth-order valence-electron chi connectivity index (χ4n) is 2.77. The van der Waals surface area contributed by atoms with Crippen molar-refractivity contribution in [2.24, 2.45) is 0 Å². The first-order valence-electron chi connectivity index (χ1n) is 7.46. The maximum atomic E-state index is 12.2. The molecule has 1 aliphatic heterocycles. The lowest BCUT2D eigenvalue weighted by atomic mass is 10.1. The van der Waals surface area contributed by atoms with Gasteiger partial charge in [-0.05, 0) is 63.5 Å². The zero-order valence-corrected chi connectivity index (χ0v) is 12.5. The van der Waals surface area contributed by atoms with Crippen LogP contribution >= 0.6 is 0 Å². The Hall–Kier alpha value is -1.55. The van der Waals surface area contributed by atoms with E-state index in [4.69, 9.17) is 5.73 Å². The number of aryl methyl sites for hydroxylation is 1. The standard InChI is InChI=1S/C16H25N3O/c1-12-10-14(17)6-7-15(12)16(20)18-11-13(2)19-8-4-3-5-9-19/h6-7,10,13H,3-5,8-9,11,17H2,1-2H3,(H,18,20). The molecule has 1 fully saturated rings. The van der Waals surface area contributed by atoms with Crippen LogP contribution in [0.4, 0.5) is 5.69 Å². The van der Waals surface area contributed by atoms with E-state index in [1.165, 1.54) is 19.3 Å². The van der Waals surface area contributed by atoms with Crippen molar-refractivity contribution in [1.82, 2.24) is 10.2 Å². The summed E-state index contributed by atoms with van der Waals surface area (Å²) in [4.78, 5) is 14.7. The number of nitrogens with zero attached hydrogens (tertiary/aromatic N) is 1. The molecular weight excluding hydrogens is 250 g/mol. The minimum Gasteiger partial charge on any atom is -0.399 e. The highest BCUT2D eigenvalue weighted by Gasteiger charge is 2.17. The van der Waals surface area contributed by atoms with Gasteiger partial charge in [-0.2, -0.15) is 0 Å². The molecule has 0 spiro atoms. The first kappa shape index (κ1) is 14.9. The number of hydrogen-bond acceptors (Lipinski definition) is 3. The van der Waals surface area contributed by atoms with Crippen LogP contribution < -0.4 is 11.1 Å². The van der Waals surface area contributed by atoms with E-state index < -0.39 is 0 Å². The molecule has 1 aromatic rings. The van der Waals surface area contributed by atoms with Gasteiger partial charge in [-0.15, -0.1) is 0 Å². The molecule has 2 rings (SSSR count). The van der Waals surface area contributed by atoms with Crippen molar-refractivity contribution in [2.45, 2.75) is 39.2 Å². The van der Waals surface area contributed by atoms with Crippen LogP contribution in [0.3, 0.4) is 0 Å². The molecule has 0 radical (unpaired) electrons. The van der Waals surface area contributed by atoms with Crippen LogP contribution in [0, 0.1) is 6.92 Å². The number of amides is 1. The molecule has 110 valence electrons. The third kappa shape index (κ3) is 3.73. The van der Waals surface area contributed by atoms with Crippen LogP contribution in [-0.4, -0.2) is 36.5 Å². The topological polar surface area (TPSA) is 58.4 Å². The van der Waals surface area contributed by atoms with Crippen molar-refractivity contribution in [3.8, 4) is 0 Å². The van der Waals surface area contributed by atoms with E-state index in [9.17, 15) is 4.79 Å². The first-order valence-corrected chi connectivity index (χ1v) is 7.46. The van der Waals surface area contributed by atoms with Crippen LogP contribution in [0.25, 0.3) is 0 Å². The molecule has 20 heavy (non-hydrogen) atoms. The van der Waals surface area contributed by atoms with Crippen LogP contribution in [0.2, 0.25) is 0 Å². The predicted molar refractivity (Wildman–Crippen MR) is 82.8 cm³/mol. The summed E-state index contributed by atoms with van der Waals surface area (Å²) in [5.74, 6) is -0.00800. The van der Waals surface area contributed by atoms with Gasteiger partial charge in [-0.25, -0.2) is 0 Å².